The molecule has 0 aromatic heterocycles. The van der Waals surface area contributed by atoms with E-state index in [1.807, 2.05) is 4.90 Å². The first kappa shape index (κ1) is 21.9. The largest absolute Gasteiger partial charge is 0.466 e. The number of rotatable bonds is 4. The summed E-state index contributed by atoms with van der Waals surface area (Å²) in [4.78, 5) is 28.0. The van der Waals surface area contributed by atoms with Gasteiger partial charge in [-0.15, -0.1) is 0 Å². The summed E-state index contributed by atoms with van der Waals surface area (Å²) >= 11 is 0. The van der Waals surface area contributed by atoms with Crippen LogP contribution < -0.4 is 5.32 Å². The molecule has 2 bridgehead atoms. The van der Waals surface area contributed by atoms with E-state index in [0.29, 0.717) is 12.0 Å². The molecule has 0 radical (unpaired) electrons. The number of benzene rings is 1. The van der Waals surface area contributed by atoms with Crippen molar-refractivity contribution >= 4 is 27.4 Å². The van der Waals surface area contributed by atoms with Crippen LogP contribution in [-0.4, -0.2) is 56.8 Å². The molecule has 0 spiro atoms. The third-order valence-electron chi connectivity index (χ3n) is 6.80. The van der Waals surface area contributed by atoms with Crippen LogP contribution in [0.4, 0.5) is 4.79 Å². The lowest BCUT2D eigenvalue weighted by molar-refractivity contribution is -0.136. The average molecular weight is 447 g/mol. The Hall–Kier alpha value is -2.35. The zero-order valence-electron chi connectivity index (χ0n) is 18.1. The highest BCUT2D eigenvalue weighted by Gasteiger charge is 2.47. The number of sulfone groups is 1. The summed E-state index contributed by atoms with van der Waals surface area (Å²) in [5.74, 6) is -0.428. The molecule has 7 nitrogen and oxygen atoms in total. The summed E-state index contributed by atoms with van der Waals surface area (Å²) in [6, 6.07) is 6.43. The normalized spacial score (nSPS) is 24.3. The molecule has 2 heterocycles. The summed E-state index contributed by atoms with van der Waals surface area (Å²) in [5, 5.41) is 3.19. The maximum absolute atomic E-state index is 13.2. The van der Waals surface area contributed by atoms with E-state index in [0.717, 1.165) is 49.7 Å². The third-order valence-corrected chi connectivity index (χ3v) is 7.93. The molecular formula is C23H30N2O5S. The van der Waals surface area contributed by atoms with E-state index in [4.69, 9.17) is 4.74 Å². The van der Waals surface area contributed by atoms with Crippen LogP contribution in [0.1, 0.15) is 56.9 Å². The Morgan fingerprint density at radius 2 is 1.71 bits per heavy atom. The van der Waals surface area contributed by atoms with E-state index in [-0.39, 0.29) is 29.1 Å². The Morgan fingerprint density at radius 1 is 1.03 bits per heavy atom. The smallest absolute Gasteiger partial charge is 0.336 e. The van der Waals surface area contributed by atoms with Crippen molar-refractivity contribution in [3.8, 4) is 0 Å². The van der Waals surface area contributed by atoms with Crippen molar-refractivity contribution in [2.45, 2.75) is 74.4 Å². The van der Waals surface area contributed by atoms with Gasteiger partial charge in [0, 0.05) is 18.3 Å². The predicted molar refractivity (Wildman–Crippen MR) is 117 cm³/mol. The first-order valence-electron chi connectivity index (χ1n) is 11.0. The zero-order chi connectivity index (χ0) is 22.2. The number of ether oxygens (including phenoxy) is 1. The summed E-state index contributed by atoms with van der Waals surface area (Å²) < 4.78 is 28.7. The summed E-state index contributed by atoms with van der Waals surface area (Å²) in [6.45, 7) is 0. The average Bonchev–Trinajstić information content (AvgIpc) is 3.07. The molecule has 1 aromatic carbocycles. The standard InChI is InChI=1S/C23H30N2O5S/c1-30-22(26)21-19(15-8-11-18(12-9-15)31(2,28)29)14-17-10-13-20(21)25(17)23(27)24-16-6-4-3-5-7-16/h8-9,11-12,16-17,20H,3-7,10,13-14H2,1-2H3,(H,24,27)/t17-,20+/m0/s1. The Bertz CT molecular complexity index is 993. The van der Waals surface area contributed by atoms with Crippen molar-refractivity contribution in [1.82, 2.24) is 10.2 Å². The van der Waals surface area contributed by atoms with E-state index in [1.54, 1.807) is 24.3 Å². The van der Waals surface area contributed by atoms with Gasteiger partial charge in [0.2, 0.25) is 0 Å². The van der Waals surface area contributed by atoms with Crippen LogP contribution in [0.25, 0.3) is 5.57 Å². The minimum absolute atomic E-state index is 0.0200. The highest BCUT2D eigenvalue weighted by Crippen LogP contribution is 2.43. The van der Waals surface area contributed by atoms with Crippen molar-refractivity contribution in [2.24, 2.45) is 0 Å². The Kier molecular flexibility index (Phi) is 6.10. The molecule has 4 rings (SSSR count). The first-order valence-corrected chi connectivity index (χ1v) is 12.9. The molecule has 2 atom stereocenters. The minimum Gasteiger partial charge on any atom is -0.466 e. The van der Waals surface area contributed by atoms with Crippen LogP contribution in [-0.2, 0) is 19.4 Å². The van der Waals surface area contributed by atoms with Gasteiger partial charge in [0.05, 0.1) is 23.6 Å². The molecule has 168 valence electrons. The van der Waals surface area contributed by atoms with Gasteiger partial charge in [-0.1, -0.05) is 31.4 Å². The highest BCUT2D eigenvalue weighted by molar-refractivity contribution is 7.90. The number of nitrogens with one attached hydrogen (secondary N) is 1. The van der Waals surface area contributed by atoms with Crippen LogP contribution in [0.2, 0.25) is 0 Å². The first-order chi connectivity index (χ1) is 14.8. The monoisotopic (exact) mass is 446 g/mol. The summed E-state index contributed by atoms with van der Waals surface area (Å²) in [6.07, 6.45) is 8.78. The second-order valence-corrected chi connectivity index (χ2v) is 10.8. The number of amides is 2. The molecule has 2 aliphatic heterocycles. The lowest BCUT2D eigenvalue weighted by Gasteiger charge is -2.38. The lowest BCUT2D eigenvalue weighted by atomic mass is 9.88. The number of carbonyl (C=O) groups is 2. The summed E-state index contributed by atoms with van der Waals surface area (Å²) in [5.41, 5.74) is 2.17. The number of carbonyl (C=O) groups excluding carboxylic acids is 2. The van der Waals surface area contributed by atoms with Gasteiger partial charge in [0.25, 0.3) is 0 Å². The van der Waals surface area contributed by atoms with Crippen LogP contribution in [0.15, 0.2) is 34.7 Å². The van der Waals surface area contributed by atoms with Crippen molar-refractivity contribution in [1.29, 1.82) is 0 Å². The number of fused-ring (bicyclic) bond motifs is 2. The van der Waals surface area contributed by atoms with E-state index >= 15 is 0 Å². The number of methoxy groups -OCH3 is 1. The van der Waals surface area contributed by atoms with Crippen LogP contribution in [0.3, 0.4) is 0 Å². The fourth-order valence-electron chi connectivity index (χ4n) is 5.26. The van der Waals surface area contributed by atoms with Gasteiger partial charge < -0.3 is 15.0 Å². The Labute approximate surface area is 183 Å². The fourth-order valence-corrected chi connectivity index (χ4v) is 5.89. The molecule has 1 saturated heterocycles. The highest BCUT2D eigenvalue weighted by atomic mass is 32.2. The third kappa shape index (κ3) is 4.35. The molecule has 1 saturated carbocycles. The van der Waals surface area contributed by atoms with Gasteiger partial charge in [-0.3, -0.25) is 0 Å². The van der Waals surface area contributed by atoms with Crippen molar-refractivity contribution < 1.29 is 22.7 Å². The minimum atomic E-state index is -3.30. The Balaban J connectivity index is 1.65. The Morgan fingerprint density at radius 3 is 2.32 bits per heavy atom. The van der Waals surface area contributed by atoms with Crippen molar-refractivity contribution in [3.63, 3.8) is 0 Å². The topological polar surface area (TPSA) is 92.8 Å². The number of hydrogen-bond donors (Lipinski definition) is 1. The predicted octanol–water partition coefficient (Wildman–Crippen LogP) is 3.30. The van der Waals surface area contributed by atoms with Gasteiger partial charge in [-0.05, 0) is 55.4 Å². The second kappa shape index (κ2) is 8.65. The lowest BCUT2D eigenvalue weighted by Crippen LogP contribution is -2.53. The van der Waals surface area contributed by atoms with E-state index in [1.165, 1.54) is 19.8 Å². The van der Waals surface area contributed by atoms with Gasteiger partial charge >= 0.3 is 12.0 Å². The van der Waals surface area contributed by atoms with E-state index in [9.17, 15) is 18.0 Å². The number of urea groups is 1. The molecule has 31 heavy (non-hydrogen) atoms. The number of esters is 1. The number of nitrogens with zero attached hydrogens (tertiary/aromatic N) is 1. The van der Waals surface area contributed by atoms with Gasteiger partial charge in [0.1, 0.15) is 0 Å². The van der Waals surface area contributed by atoms with E-state index in [2.05, 4.69) is 5.32 Å². The van der Waals surface area contributed by atoms with Crippen LogP contribution in [0, 0.1) is 0 Å². The van der Waals surface area contributed by atoms with Crippen molar-refractivity contribution in [3.05, 3.63) is 35.4 Å². The molecule has 3 aliphatic rings. The fraction of sp³-hybridized carbons (Fsp3) is 0.565. The molecule has 1 N–H and O–H groups in total. The zero-order valence-corrected chi connectivity index (χ0v) is 18.9. The quantitative estimate of drug-likeness (QED) is 0.717. The van der Waals surface area contributed by atoms with E-state index < -0.39 is 15.8 Å². The van der Waals surface area contributed by atoms with Gasteiger partial charge in [-0.2, -0.15) is 0 Å². The van der Waals surface area contributed by atoms with Crippen molar-refractivity contribution in [2.75, 3.05) is 13.4 Å². The second-order valence-electron chi connectivity index (χ2n) is 8.82. The molecule has 2 fully saturated rings. The summed E-state index contributed by atoms with van der Waals surface area (Å²) in [7, 11) is -1.94. The number of hydrogen-bond acceptors (Lipinski definition) is 5. The molecule has 0 unspecified atom stereocenters. The molecule has 2 amide bonds. The molecule has 8 heteroatoms. The van der Waals surface area contributed by atoms with Gasteiger partial charge in [0.15, 0.2) is 9.84 Å². The molecular weight excluding hydrogens is 416 g/mol. The maximum Gasteiger partial charge on any atom is 0.336 e. The SMILES string of the molecule is COC(=O)C1=C(c2ccc(S(C)(=O)=O)cc2)C[C@@H]2CC[C@H]1N2C(=O)NC1CCCCC1. The van der Waals surface area contributed by atoms with Crippen LogP contribution >= 0.6 is 0 Å². The molecule has 1 aliphatic carbocycles. The molecule has 1 aromatic rings. The van der Waals surface area contributed by atoms with Crippen LogP contribution in [0.5, 0.6) is 0 Å². The van der Waals surface area contributed by atoms with Gasteiger partial charge in [-0.25, -0.2) is 18.0 Å². The maximum atomic E-state index is 13.2.